The third kappa shape index (κ3) is 4.94. The van der Waals surface area contributed by atoms with Gasteiger partial charge in [-0.15, -0.1) is 0 Å². The standard InChI is InChI=1S/C12H18Br2N2O/c1-8(2)15-5-9(3)6-16-7-10(13)4-11(14)12(16)17/h4,7-9,15H,5-6H2,1-3H3. The van der Waals surface area contributed by atoms with E-state index in [0.717, 1.165) is 17.6 Å². The first kappa shape index (κ1) is 14.9. The molecule has 0 aliphatic heterocycles. The fraction of sp³-hybridized carbons (Fsp3) is 0.583. The van der Waals surface area contributed by atoms with Crippen LogP contribution in [0, 0.1) is 5.92 Å². The van der Waals surface area contributed by atoms with Gasteiger partial charge in [0.2, 0.25) is 0 Å². The third-order valence-corrected chi connectivity index (χ3v) is 3.39. The Balaban J connectivity index is 2.71. The molecule has 0 amide bonds. The molecule has 1 aromatic heterocycles. The number of hydrogen-bond acceptors (Lipinski definition) is 2. The molecule has 0 saturated heterocycles. The maximum absolute atomic E-state index is 11.9. The first-order chi connectivity index (χ1) is 7.90. The molecular weight excluding hydrogens is 348 g/mol. The minimum absolute atomic E-state index is 0.0181. The monoisotopic (exact) mass is 364 g/mol. The summed E-state index contributed by atoms with van der Waals surface area (Å²) in [6.07, 6.45) is 1.83. The second-order valence-corrected chi connectivity index (χ2v) is 6.40. The van der Waals surface area contributed by atoms with Gasteiger partial charge in [-0.05, 0) is 50.4 Å². The van der Waals surface area contributed by atoms with Crippen LogP contribution in [0.15, 0.2) is 26.0 Å². The molecule has 0 fully saturated rings. The summed E-state index contributed by atoms with van der Waals surface area (Å²) >= 11 is 6.66. The van der Waals surface area contributed by atoms with E-state index in [2.05, 4.69) is 57.9 Å². The molecule has 0 bridgehead atoms. The van der Waals surface area contributed by atoms with E-state index in [4.69, 9.17) is 0 Å². The van der Waals surface area contributed by atoms with Crippen molar-refractivity contribution in [1.82, 2.24) is 9.88 Å². The fourth-order valence-electron chi connectivity index (χ4n) is 1.54. The van der Waals surface area contributed by atoms with Crippen molar-refractivity contribution >= 4 is 31.9 Å². The van der Waals surface area contributed by atoms with E-state index in [-0.39, 0.29) is 5.56 Å². The minimum Gasteiger partial charge on any atom is -0.314 e. The van der Waals surface area contributed by atoms with Gasteiger partial charge in [0.25, 0.3) is 5.56 Å². The van der Waals surface area contributed by atoms with E-state index in [1.165, 1.54) is 0 Å². The van der Waals surface area contributed by atoms with Crippen LogP contribution in [-0.2, 0) is 6.54 Å². The highest BCUT2D eigenvalue weighted by Crippen LogP contribution is 2.13. The van der Waals surface area contributed by atoms with Crippen LogP contribution >= 0.6 is 31.9 Å². The molecule has 0 aromatic carbocycles. The highest BCUT2D eigenvalue weighted by Gasteiger charge is 2.08. The van der Waals surface area contributed by atoms with Gasteiger partial charge >= 0.3 is 0 Å². The molecule has 17 heavy (non-hydrogen) atoms. The molecule has 0 aliphatic carbocycles. The number of aromatic nitrogens is 1. The number of halogens is 2. The molecule has 3 nitrogen and oxygen atoms in total. The molecule has 1 heterocycles. The summed E-state index contributed by atoms with van der Waals surface area (Å²) in [5.41, 5.74) is 0.0181. The quantitative estimate of drug-likeness (QED) is 0.870. The van der Waals surface area contributed by atoms with Crippen molar-refractivity contribution in [2.45, 2.75) is 33.4 Å². The second-order valence-electron chi connectivity index (χ2n) is 4.63. The Bertz CT molecular complexity index is 429. The highest BCUT2D eigenvalue weighted by molar-refractivity contribution is 9.11. The minimum atomic E-state index is 0.0181. The molecule has 0 spiro atoms. The van der Waals surface area contributed by atoms with Gasteiger partial charge in [0, 0.05) is 23.3 Å². The van der Waals surface area contributed by atoms with Crippen LogP contribution in [0.2, 0.25) is 0 Å². The Morgan fingerprint density at radius 1 is 1.35 bits per heavy atom. The summed E-state index contributed by atoms with van der Waals surface area (Å²) in [6.45, 7) is 8.00. The van der Waals surface area contributed by atoms with E-state index in [9.17, 15) is 4.79 Å². The van der Waals surface area contributed by atoms with Gasteiger partial charge in [0.05, 0.1) is 4.47 Å². The predicted octanol–water partition coefficient (Wildman–Crippen LogP) is 3.01. The van der Waals surface area contributed by atoms with Gasteiger partial charge < -0.3 is 9.88 Å². The van der Waals surface area contributed by atoms with Gasteiger partial charge in [0.15, 0.2) is 0 Å². The van der Waals surface area contributed by atoms with E-state index < -0.39 is 0 Å². The van der Waals surface area contributed by atoms with Crippen molar-refractivity contribution in [3.63, 3.8) is 0 Å². The fourth-order valence-corrected chi connectivity index (χ4v) is 2.80. The van der Waals surface area contributed by atoms with E-state index in [0.29, 0.717) is 16.4 Å². The molecule has 0 radical (unpaired) electrons. The Labute approximate surface area is 119 Å². The van der Waals surface area contributed by atoms with Crippen molar-refractivity contribution in [3.05, 3.63) is 31.6 Å². The molecule has 5 heteroatoms. The summed E-state index contributed by atoms with van der Waals surface area (Å²) in [7, 11) is 0. The zero-order valence-corrected chi connectivity index (χ0v) is 13.5. The number of nitrogens with one attached hydrogen (secondary N) is 1. The molecule has 1 atom stereocenters. The lowest BCUT2D eigenvalue weighted by atomic mass is 10.1. The first-order valence-corrected chi connectivity index (χ1v) is 7.27. The lowest BCUT2D eigenvalue weighted by Crippen LogP contribution is -2.32. The van der Waals surface area contributed by atoms with E-state index in [1.807, 2.05) is 6.20 Å². The van der Waals surface area contributed by atoms with Crippen molar-refractivity contribution in [3.8, 4) is 0 Å². The summed E-state index contributed by atoms with van der Waals surface area (Å²) in [4.78, 5) is 11.9. The Hall–Kier alpha value is -0.130. The van der Waals surface area contributed by atoms with Crippen LogP contribution in [0.1, 0.15) is 20.8 Å². The Kier molecular flexibility index (Phi) is 5.89. The van der Waals surface area contributed by atoms with Crippen LogP contribution in [0.25, 0.3) is 0 Å². The van der Waals surface area contributed by atoms with Crippen molar-refractivity contribution in [2.75, 3.05) is 6.54 Å². The van der Waals surface area contributed by atoms with Gasteiger partial charge in [-0.2, -0.15) is 0 Å². The number of nitrogens with zero attached hydrogens (tertiary/aromatic N) is 1. The smallest absolute Gasteiger partial charge is 0.264 e. The Morgan fingerprint density at radius 3 is 2.59 bits per heavy atom. The van der Waals surface area contributed by atoms with E-state index >= 15 is 0 Å². The summed E-state index contributed by atoms with van der Waals surface area (Å²) in [5.74, 6) is 0.413. The van der Waals surface area contributed by atoms with Crippen molar-refractivity contribution in [1.29, 1.82) is 0 Å². The second kappa shape index (κ2) is 6.71. The van der Waals surface area contributed by atoms with Crippen LogP contribution < -0.4 is 10.9 Å². The lowest BCUT2D eigenvalue weighted by Gasteiger charge is -2.16. The molecular formula is C12H18Br2N2O. The predicted molar refractivity (Wildman–Crippen MR) is 78.4 cm³/mol. The maximum Gasteiger partial charge on any atom is 0.264 e. The van der Waals surface area contributed by atoms with Gasteiger partial charge in [0.1, 0.15) is 0 Å². The first-order valence-electron chi connectivity index (χ1n) is 5.69. The van der Waals surface area contributed by atoms with Crippen LogP contribution in [0.5, 0.6) is 0 Å². The highest BCUT2D eigenvalue weighted by atomic mass is 79.9. The number of pyridine rings is 1. The van der Waals surface area contributed by atoms with Crippen molar-refractivity contribution < 1.29 is 0 Å². The SMILES string of the molecule is CC(CNC(C)C)Cn1cc(Br)cc(Br)c1=O. The molecule has 96 valence electrons. The summed E-state index contributed by atoms with van der Waals surface area (Å²) in [6, 6.07) is 2.25. The molecule has 1 unspecified atom stereocenters. The zero-order valence-electron chi connectivity index (χ0n) is 10.3. The van der Waals surface area contributed by atoms with Gasteiger partial charge in [-0.25, -0.2) is 0 Å². The maximum atomic E-state index is 11.9. The largest absolute Gasteiger partial charge is 0.314 e. The molecule has 1 rings (SSSR count). The van der Waals surface area contributed by atoms with Gasteiger partial charge in [-0.3, -0.25) is 4.79 Å². The number of rotatable bonds is 5. The molecule has 1 aromatic rings. The average molecular weight is 366 g/mol. The summed E-state index contributed by atoms with van der Waals surface area (Å²) < 4.78 is 3.24. The summed E-state index contributed by atoms with van der Waals surface area (Å²) in [5, 5.41) is 3.38. The van der Waals surface area contributed by atoms with Crippen LogP contribution in [0.3, 0.4) is 0 Å². The topological polar surface area (TPSA) is 34.0 Å². The Morgan fingerprint density at radius 2 is 2.00 bits per heavy atom. The average Bonchev–Trinajstić information content (AvgIpc) is 2.22. The lowest BCUT2D eigenvalue weighted by molar-refractivity contribution is 0.419. The third-order valence-electron chi connectivity index (χ3n) is 2.39. The van der Waals surface area contributed by atoms with Crippen LogP contribution in [-0.4, -0.2) is 17.2 Å². The van der Waals surface area contributed by atoms with E-state index in [1.54, 1.807) is 10.6 Å². The molecule has 0 saturated carbocycles. The molecule has 1 N–H and O–H groups in total. The zero-order chi connectivity index (χ0) is 13.0. The van der Waals surface area contributed by atoms with Crippen molar-refractivity contribution in [2.24, 2.45) is 5.92 Å². The van der Waals surface area contributed by atoms with Crippen LogP contribution in [0.4, 0.5) is 0 Å². The normalized spacial score (nSPS) is 13.1. The number of hydrogen-bond donors (Lipinski definition) is 1. The van der Waals surface area contributed by atoms with Gasteiger partial charge in [-0.1, -0.05) is 20.8 Å². The molecule has 0 aliphatic rings.